The van der Waals surface area contributed by atoms with Gasteiger partial charge in [0.25, 0.3) is 0 Å². The summed E-state index contributed by atoms with van der Waals surface area (Å²) in [4.78, 5) is 14.9. The van der Waals surface area contributed by atoms with Gasteiger partial charge in [-0.2, -0.15) is 21.6 Å². The fourth-order valence-electron chi connectivity index (χ4n) is 1.85. The van der Waals surface area contributed by atoms with Crippen LogP contribution in [0.4, 0.5) is 17.6 Å². The summed E-state index contributed by atoms with van der Waals surface area (Å²) in [6.07, 6.45) is 0.849. The predicted molar refractivity (Wildman–Crippen MR) is 73.5 cm³/mol. The van der Waals surface area contributed by atoms with Crippen molar-refractivity contribution in [3.63, 3.8) is 0 Å². The lowest BCUT2D eigenvalue weighted by Gasteiger charge is -2.12. The van der Waals surface area contributed by atoms with E-state index in [2.05, 4.69) is 13.9 Å². The molecule has 2 rings (SSSR count). The number of fused-ring (bicyclic) bond motifs is 1. The molecule has 2 aromatic rings. The number of carbonyl (C=O) groups excluding carboxylic acids is 1. The minimum Gasteiger partial charge on any atom is -0.465 e. The van der Waals surface area contributed by atoms with Crippen LogP contribution >= 0.6 is 0 Å². The smallest absolute Gasteiger partial charge is 0.465 e. The van der Waals surface area contributed by atoms with E-state index in [1.54, 1.807) is 0 Å². The van der Waals surface area contributed by atoms with Crippen molar-refractivity contribution in [3.05, 3.63) is 35.5 Å². The first kappa shape index (κ1) is 17.9. The molecular weight excluding hydrogens is 358 g/mol. The van der Waals surface area contributed by atoms with E-state index in [0.29, 0.717) is 0 Å². The number of nitrogens with zero attached hydrogens (tertiary/aromatic N) is 1. The van der Waals surface area contributed by atoms with Gasteiger partial charge in [0, 0.05) is 17.1 Å². The average Bonchev–Trinajstić information content (AvgIpc) is 2.52. The van der Waals surface area contributed by atoms with Gasteiger partial charge in [-0.25, -0.2) is 14.2 Å². The Morgan fingerprint density at radius 2 is 1.92 bits per heavy atom. The number of ether oxygens (including phenoxy) is 1. The topological polar surface area (TPSA) is 82.6 Å². The average molecular weight is 367 g/mol. The van der Waals surface area contributed by atoms with E-state index in [-0.39, 0.29) is 21.9 Å². The molecule has 1 heterocycles. The Kier molecular flexibility index (Phi) is 4.65. The monoisotopic (exact) mass is 367 g/mol. The third-order valence-corrected chi connectivity index (χ3v) is 3.91. The maximum Gasteiger partial charge on any atom is 0.534 e. The van der Waals surface area contributed by atoms with Crippen molar-refractivity contribution < 1.29 is 39.7 Å². The van der Waals surface area contributed by atoms with E-state index in [4.69, 9.17) is 0 Å². The van der Waals surface area contributed by atoms with Crippen LogP contribution in [0.25, 0.3) is 10.8 Å². The minimum atomic E-state index is -5.97. The van der Waals surface area contributed by atoms with Gasteiger partial charge in [0.1, 0.15) is 6.67 Å². The van der Waals surface area contributed by atoms with Gasteiger partial charge >= 0.3 is 21.6 Å². The van der Waals surface area contributed by atoms with Gasteiger partial charge in [0.2, 0.25) is 5.88 Å². The molecule has 0 aliphatic carbocycles. The number of carbonyl (C=O) groups is 1. The van der Waals surface area contributed by atoms with Gasteiger partial charge in [-0.3, -0.25) is 0 Å². The Hall–Kier alpha value is -2.43. The molecule has 1 aromatic carbocycles. The fraction of sp³-hybridized carbons (Fsp3) is 0.231. The van der Waals surface area contributed by atoms with Gasteiger partial charge in [0.15, 0.2) is 0 Å². The molecule has 0 atom stereocenters. The summed E-state index contributed by atoms with van der Waals surface area (Å²) < 4.78 is 81.1. The van der Waals surface area contributed by atoms with E-state index in [1.165, 1.54) is 12.1 Å². The van der Waals surface area contributed by atoms with Crippen LogP contribution in [0.2, 0.25) is 0 Å². The van der Waals surface area contributed by atoms with Crippen molar-refractivity contribution in [2.75, 3.05) is 7.11 Å². The molecule has 0 saturated carbocycles. The molecule has 0 fully saturated rings. The third-order valence-electron chi connectivity index (χ3n) is 2.97. The molecule has 0 saturated heterocycles. The number of benzene rings is 1. The maximum absolute atomic E-state index is 13.0. The molecule has 130 valence electrons. The van der Waals surface area contributed by atoms with E-state index in [0.717, 1.165) is 19.4 Å². The molecule has 24 heavy (non-hydrogen) atoms. The molecule has 6 nitrogen and oxygen atoms in total. The van der Waals surface area contributed by atoms with Crippen molar-refractivity contribution in [3.8, 4) is 5.88 Å². The van der Waals surface area contributed by atoms with Crippen LogP contribution in [-0.2, 0) is 21.5 Å². The Morgan fingerprint density at radius 1 is 1.25 bits per heavy atom. The molecule has 0 spiro atoms. The zero-order chi connectivity index (χ0) is 18.1. The lowest BCUT2D eigenvalue weighted by Crippen LogP contribution is -2.28. The number of esters is 1. The lowest BCUT2D eigenvalue weighted by atomic mass is 10.1. The highest BCUT2D eigenvalue weighted by atomic mass is 32.2. The second-order valence-corrected chi connectivity index (χ2v) is 6.00. The SMILES string of the molecule is COC(=O)c1ccc2c(CF)cnc(OS(=O)(=O)C(F)(F)F)c2c1. The van der Waals surface area contributed by atoms with Crippen LogP contribution in [0.3, 0.4) is 0 Å². The summed E-state index contributed by atoms with van der Waals surface area (Å²) in [7, 11) is -4.90. The first-order valence-electron chi connectivity index (χ1n) is 6.17. The van der Waals surface area contributed by atoms with Gasteiger partial charge in [-0.05, 0) is 17.5 Å². The highest BCUT2D eigenvalue weighted by Crippen LogP contribution is 2.32. The van der Waals surface area contributed by atoms with E-state index in [1.807, 2.05) is 0 Å². The Labute approximate surface area is 133 Å². The summed E-state index contributed by atoms with van der Waals surface area (Å²) in [6.45, 7) is -1.01. The molecular formula is C13H9F4NO5S. The summed E-state index contributed by atoms with van der Waals surface area (Å²) >= 11 is 0. The number of hydrogen-bond acceptors (Lipinski definition) is 6. The van der Waals surface area contributed by atoms with Crippen molar-refractivity contribution in [1.29, 1.82) is 0 Å². The van der Waals surface area contributed by atoms with Crippen LogP contribution in [0.5, 0.6) is 5.88 Å². The lowest BCUT2D eigenvalue weighted by molar-refractivity contribution is -0.0500. The largest absolute Gasteiger partial charge is 0.534 e. The van der Waals surface area contributed by atoms with E-state index < -0.39 is 34.2 Å². The van der Waals surface area contributed by atoms with Crippen LogP contribution in [-0.4, -0.2) is 32.0 Å². The number of alkyl halides is 4. The molecule has 0 bridgehead atoms. The van der Waals surface area contributed by atoms with Crippen LogP contribution in [0.15, 0.2) is 24.4 Å². The third kappa shape index (κ3) is 3.25. The van der Waals surface area contributed by atoms with Crippen molar-refractivity contribution >= 4 is 26.9 Å². The normalized spacial score (nSPS) is 12.2. The Morgan fingerprint density at radius 3 is 2.46 bits per heavy atom. The Bertz CT molecular complexity index is 895. The first-order chi connectivity index (χ1) is 11.1. The highest BCUT2D eigenvalue weighted by Gasteiger charge is 2.49. The summed E-state index contributed by atoms with van der Waals surface area (Å²) in [6, 6.07) is 3.48. The highest BCUT2D eigenvalue weighted by molar-refractivity contribution is 7.88. The molecule has 0 unspecified atom stereocenters. The van der Waals surface area contributed by atoms with Gasteiger partial charge in [-0.15, -0.1) is 0 Å². The quantitative estimate of drug-likeness (QED) is 0.358. The predicted octanol–water partition coefficient (Wildman–Crippen LogP) is 2.72. The second kappa shape index (κ2) is 6.23. The van der Waals surface area contributed by atoms with Gasteiger partial charge < -0.3 is 8.92 Å². The summed E-state index contributed by atoms with van der Waals surface area (Å²) in [5.41, 5.74) is -5.78. The van der Waals surface area contributed by atoms with Gasteiger partial charge in [-0.1, -0.05) is 6.07 Å². The molecule has 0 amide bonds. The van der Waals surface area contributed by atoms with Crippen LogP contribution in [0, 0.1) is 0 Å². The molecule has 0 N–H and O–H groups in total. The first-order valence-corrected chi connectivity index (χ1v) is 7.58. The number of aromatic nitrogens is 1. The standard InChI is InChI=1S/C13H9F4NO5S/c1-22-12(19)7-2-3-9-8(5-14)6-18-11(10(9)4-7)23-24(20,21)13(15,16)17/h2-4,6H,5H2,1H3. The molecule has 0 aliphatic rings. The number of hydrogen-bond donors (Lipinski definition) is 0. The van der Waals surface area contributed by atoms with Gasteiger partial charge in [0.05, 0.1) is 12.7 Å². The van der Waals surface area contributed by atoms with Crippen LogP contribution < -0.4 is 4.18 Å². The minimum absolute atomic E-state index is 0.0156. The number of methoxy groups -OCH3 is 1. The van der Waals surface area contributed by atoms with E-state index >= 15 is 0 Å². The zero-order valence-corrected chi connectivity index (χ0v) is 12.7. The number of pyridine rings is 1. The fourth-order valence-corrected chi connectivity index (χ4v) is 2.28. The molecule has 0 aliphatic heterocycles. The van der Waals surface area contributed by atoms with Crippen molar-refractivity contribution in [1.82, 2.24) is 4.98 Å². The maximum atomic E-state index is 13.0. The Balaban J connectivity index is 2.68. The van der Waals surface area contributed by atoms with Crippen molar-refractivity contribution in [2.45, 2.75) is 12.2 Å². The number of halogens is 4. The molecule has 1 aromatic heterocycles. The zero-order valence-electron chi connectivity index (χ0n) is 11.9. The van der Waals surface area contributed by atoms with Crippen LogP contribution in [0.1, 0.15) is 15.9 Å². The molecule has 0 radical (unpaired) electrons. The number of rotatable bonds is 4. The summed E-state index contributed by atoms with van der Waals surface area (Å²) in [5.74, 6) is -1.75. The summed E-state index contributed by atoms with van der Waals surface area (Å²) in [5, 5.41) is -0.228. The van der Waals surface area contributed by atoms with E-state index in [9.17, 15) is 30.8 Å². The van der Waals surface area contributed by atoms with Crippen molar-refractivity contribution in [2.24, 2.45) is 0 Å². The molecule has 11 heteroatoms. The second-order valence-electron chi connectivity index (χ2n) is 4.46.